The molecule has 0 aromatic carbocycles. The number of hydrogen-bond acceptors (Lipinski definition) is 8. The molecular formula is C11H18N2O4S2. The molecule has 2 saturated heterocycles. The Morgan fingerprint density at radius 2 is 1.42 bits per heavy atom. The molecule has 108 valence electrons. The maximum absolute atomic E-state index is 11.7. The second-order valence-corrected chi connectivity index (χ2v) is 6.63. The first-order chi connectivity index (χ1) is 9.17. The summed E-state index contributed by atoms with van der Waals surface area (Å²) in [6, 6.07) is 0. The van der Waals surface area contributed by atoms with Gasteiger partial charge < -0.3 is 9.47 Å². The molecule has 0 spiro atoms. The average molecular weight is 306 g/mol. The molecule has 2 atom stereocenters. The highest BCUT2D eigenvalue weighted by molar-refractivity contribution is 8.01. The van der Waals surface area contributed by atoms with Gasteiger partial charge >= 0.3 is 11.9 Å². The summed E-state index contributed by atoms with van der Waals surface area (Å²) in [5, 5.41) is -0.511. The van der Waals surface area contributed by atoms with Gasteiger partial charge in [0.2, 0.25) is 0 Å². The van der Waals surface area contributed by atoms with E-state index in [1.165, 1.54) is 14.2 Å². The Morgan fingerprint density at radius 3 is 1.79 bits per heavy atom. The van der Waals surface area contributed by atoms with Crippen molar-refractivity contribution in [1.29, 1.82) is 0 Å². The van der Waals surface area contributed by atoms with Crippen LogP contribution in [0.1, 0.15) is 0 Å². The van der Waals surface area contributed by atoms with Gasteiger partial charge in [0.1, 0.15) is 0 Å². The molecule has 0 aliphatic carbocycles. The first-order valence-corrected chi connectivity index (χ1v) is 8.14. The molecule has 2 aliphatic heterocycles. The maximum Gasteiger partial charge on any atom is 0.333 e. The van der Waals surface area contributed by atoms with Crippen LogP contribution in [0.2, 0.25) is 0 Å². The van der Waals surface area contributed by atoms with Crippen LogP contribution >= 0.6 is 23.5 Å². The lowest BCUT2D eigenvalue weighted by atomic mass is 10.4. The standard InChI is InChI=1S/C11H18N2O4S2/c1-16-10(14)8-12(3-5-18-8)7-13-4-6-19-9(13)11(15)17-2/h8-9H,3-7H2,1-2H3/t8-,9-/m1/s1. The summed E-state index contributed by atoms with van der Waals surface area (Å²) in [4.78, 5) is 27.4. The largest absolute Gasteiger partial charge is 0.467 e. The van der Waals surface area contributed by atoms with Crippen molar-refractivity contribution >= 4 is 35.5 Å². The molecule has 0 saturated carbocycles. The quantitative estimate of drug-likeness (QED) is 0.675. The number of nitrogens with zero attached hydrogens (tertiary/aromatic N) is 2. The highest BCUT2D eigenvalue weighted by Crippen LogP contribution is 2.29. The fourth-order valence-corrected chi connectivity index (χ4v) is 4.52. The zero-order valence-electron chi connectivity index (χ0n) is 11.0. The minimum Gasteiger partial charge on any atom is -0.467 e. The van der Waals surface area contributed by atoms with E-state index in [0.29, 0.717) is 6.67 Å². The zero-order valence-corrected chi connectivity index (χ0v) is 12.7. The van der Waals surface area contributed by atoms with Crippen molar-refractivity contribution in [3.05, 3.63) is 0 Å². The smallest absolute Gasteiger partial charge is 0.333 e. The molecular weight excluding hydrogens is 288 g/mol. The van der Waals surface area contributed by atoms with Crippen molar-refractivity contribution in [3.63, 3.8) is 0 Å². The van der Waals surface area contributed by atoms with E-state index in [4.69, 9.17) is 9.47 Å². The molecule has 0 radical (unpaired) electrons. The van der Waals surface area contributed by atoms with Gasteiger partial charge in [0, 0.05) is 24.6 Å². The molecule has 0 unspecified atom stereocenters. The van der Waals surface area contributed by atoms with E-state index in [1.54, 1.807) is 23.5 Å². The van der Waals surface area contributed by atoms with Gasteiger partial charge in [-0.2, -0.15) is 0 Å². The number of carbonyl (C=O) groups excluding carboxylic acids is 2. The van der Waals surface area contributed by atoms with Crippen LogP contribution in [-0.4, -0.2) is 78.0 Å². The Kier molecular flexibility index (Phi) is 5.37. The number of thioether (sulfide) groups is 2. The molecule has 0 amide bonds. The third kappa shape index (κ3) is 3.36. The lowest BCUT2D eigenvalue weighted by Gasteiger charge is -2.29. The van der Waals surface area contributed by atoms with Gasteiger partial charge in [-0.25, -0.2) is 9.59 Å². The van der Waals surface area contributed by atoms with Crippen LogP contribution in [0.3, 0.4) is 0 Å². The molecule has 6 nitrogen and oxygen atoms in total. The predicted octanol–water partition coefficient (Wildman–Crippen LogP) is 0.0397. The van der Waals surface area contributed by atoms with Crippen molar-refractivity contribution < 1.29 is 19.1 Å². The monoisotopic (exact) mass is 306 g/mol. The Morgan fingerprint density at radius 1 is 1.00 bits per heavy atom. The van der Waals surface area contributed by atoms with Gasteiger partial charge in [-0.3, -0.25) is 9.80 Å². The highest BCUT2D eigenvalue weighted by atomic mass is 32.2. The maximum atomic E-state index is 11.7. The van der Waals surface area contributed by atoms with E-state index >= 15 is 0 Å². The van der Waals surface area contributed by atoms with Crippen LogP contribution in [0.15, 0.2) is 0 Å². The first-order valence-electron chi connectivity index (χ1n) is 6.04. The molecule has 19 heavy (non-hydrogen) atoms. The third-order valence-electron chi connectivity index (χ3n) is 3.14. The number of hydrogen-bond donors (Lipinski definition) is 0. The predicted molar refractivity (Wildman–Crippen MR) is 74.8 cm³/mol. The second kappa shape index (κ2) is 6.83. The van der Waals surface area contributed by atoms with Crippen molar-refractivity contribution in [1.82, 2.24) is 9.80 Å². The van der Waals surface area contributed by atoms with E-state index in [-0.39, 0.29) is 22.7 Å². The van der Waals surface area contributed by atoms with E-state index in [0.717, 1.165) is 24.6 Å². The van der Waals surface area contributed by atoms with Crippen molar-refractivity contribution in [2.75, 3.05) is 45.5 Å². The van der Waals surface area contributed by atoms with Crippen LogP contribution in [-0.2, 0) is 19.1 Å². The molecule has 2 aliphatic rings. The molecule has 0 bridgehead atoms. The number of esters is 2. The van der Waals surface area contributed by atoms with Crippen LogP contribution < -0.4 is 0 Å². The summed E-state index contributed by atoms with van der Waals surface area (Å²) in [6.45, 7) is 2.26. The Labute approximate surface area is 121 Å². The van der Waals surface area contributed by atoms with Gasteiger partial charge in [0.15, 0.2) is 10.7 Å². The fourth-order valence-electron chi connectivity index (χ4n) is 2.17. The minimum absolute atomic E-state index is 0.219. The van der Waals surface area contributed by atoms with E-state index in [2.05, 4.69) is 9.80 Å². The summed E-state index contributed by atoms with van der Waals surface area (Å²) >= 11 is 3.17. The minimum atomic E-state index is -0.256. The average Bonchev–Trinajstić information content (AvgIpc) is 3.06. The molecule has 8 heteroatoms. The van der Waals surface area contributed by atoms with E-state index < -0.39 is 0 Å². The number of carbonyl (C=O) groups is 2. The summed E-state index contributed by atoms with van der Waals surface area (Å²) in [5.41, 5.74) is 0. The Bertz CT molecular complexity index is 324. The zero-order chi connectivity index (χ0) is 13.8. The van der Waals surface area contributed by atoms with Crippen molar-refractivity contribution in [2.24, 2.45) is 0 Å². The third-order valence-corrected chi connectivity index (χ3v) is 5.59. The van der Waals surface area contributed by atoms with Crippen LogP contribution in [0.25, 0.3) is 0 Å². The van der Waals surface area contributed by atoms with Crippen molar-refractivity contribution in [3.8, 4) is 0 Å². The lowest BCUT2D eigenvalue weighted by Crippen LogP contribution is -2.46. The number of rotatable bonds is 4. The van der Waals surface area contributed by atoms with Gasteiger partial charge in [-0.15, -0.1) is 23.5 Å². The van der Waals surface area contributed by atoms with Gasteiger partial charge in [-0.05, 0) is 0 Å². The molecule has 2 heterocycles. The summed E-state index contributed by atoms with van der Waals surface area (Å²) in [6.07, 6.45) is 0. The van der Waals surface area contributed by atoms with Crippen LogP contribution in [0.4, 0.5) is 0 Å². The molecule has 2 fully saturated rings. The SMILES string of the molecule is COC(=O)[C@H]1SCCN1CN1CCS[C@@H]1C(=O)OC. The van der Waals surface area contributed by atoms with E-state index in [1.807, 2.05) is 0 Å². The first kappa shape index (κ1) is 15.0. The number of ether oxygens (including phenoxy) is 2. The molecule has 0 aromatic rings. The van der Waals surface area contributed by atoms with Gasteiger partial charge in [0.25, 0.3) is 0 Å². The van der Waals surface area contributed by atoms with Gasteiger partial charge in [0.05, 0.1) is 20.9 Å². The fraction of sp³-hybridized carbons (Fsp3) is 0.818. The molecule has 0 N–H and O–H groups in total. The summed E-state index contributed by atoms with van der Waals surface area (Å²) < 4.78 is 9.62. The lowest BCUT2D eigenvalue weighted by molar-refractivity contribution is -0.145. The van der Waals surface area contributed by atoms with Crippen LogP contribution in [0, 0.1) is 0 Å². The van der Waals surface area contributed by atoms with E-state index in [9.17, 15) is 9.59 Å². The number of methoxy groups -OCH3 is 2. The Hall–Kier alpha value is -0.440. The summed E-state index contributed by atoms with van der Waals surface area (Å²) in [7, 11) is 2.81. The Balaban J connectivity index is 1.96. The van der Waals surface area contributed by atoms with Crippen LogP contribution in [0.5, 0.6) is 0 Å². The molecule has 2 rings (SSSR count). The van der Waals surface area contributed by atoms with Crippen molar-refractivity contribution in [2.45, 2.75) is 10.7 Å². The molecule has 0 aromatic heterocycles. The highest BCUT2D eigenvalue weighted by Gasteiger charge is 2.38. The van der Waals surface area contributed by atoms with Gasteiger partial charge in [-0.1, -0.05) is 0 Å². The topological polar surface area (TPSA) is 59.1 Å². The normalized spacial score (nSPS) is 28.5. The summed E-state index contributed by atoms with van der Waals surface area (Å²) in [5.74, 6) is 1.38. The second-order valence-electron chi connectivity index (χ2n) is 4.26.